The van der Waals surface area contributed by atoms with Crippen molar-refractivity contribution >= 4 is 5.96 Å². The predicted octanol–water partition coefficient (Wildman–Crippen LogP) is 3.55. The molecular weight excluding hydrogens is 366 g/mol. The minimum Gasteiger partial charge on any atom is -0.493 e. The van der Waals surface area contributed by atoms with E-state index >= 15 is 0 Å². The molecule has 0 atom stereocenters. The van der Waals surface area contributed by atoms with Crippen molar-refractivity contribution in [3.8, 4) is 11.5 Å². The molecule has 0 spiro atoms. The normalized spacial score (nSPS) is 11.7. The highest BCUT2D eigenvalue weighted by atomic mass is 16.5. The van der Waals surface area contributed by atoms with Crippen LogP contribution >= 0.6 is 0 Å². The molecule has 0 saturated carbocycles. The molecule has 0 amide bonds. The maximum atomic E-state index is 5.73. The van der Waals surface area contributed by atoms with Crippen LogP contribution in [0.25, 0.3) is 0 Å². The first-order valence-electron chi connectivity index (χ1n) is 10.1. The fraction of sp³-hybridized carbons (Fsp3) is 0.545. The number of ether oxygens (including phenoxy) is 2. The zero-order valence-electron chi connectivity index (χ0n) is 18.8. The van der Waals surface area contributed by atoms with Gasteiger partial charge in [-0.1, -0.05) is 26.8 Å². The van der Waals surface area contributed by atoms with E-state index in [-0.39, 0.29) is 0 Å². The highest BCUT2D eigenvalue weighted by molar-refractivity contribution is 5.79. The van der Waals surface area contributed by atoms with E-state index in [1.807, 2.05) is 37.0 Å². The van der Waals surface area contributed by atoms with Crippen molar-refractivity contribution in [1.29, 1.82) is 0 Å². The molecule has 0 bridgehead atoms. The summed E-state index contributed by atoms with van der Waals surface area (Å²) < 4.78 is 13.1. The zero-order valence-corrected chi connectivity index (χ0v) is 18.8. The van der Waals surface area contributed by atoms with Crippen LogP contribution in [0.15, 0.2) is 29.4 Å². The molecule has 7 heteroatoms. The Morgan fingerprint density at radius 1 is 1.31 bits per heavy atom. The first-order valence-corrected chi connectivity index (χ1v) is 10.1. The first-order chi connectivity index (χ1) is 13.9. The van der Waals surface area contributed by atoms with Gasteiger partial charge in [0.2, 0.25) is 0 Å². The quantitative estimate of drug-likeness (QED) is 0.514. The van der Waals surface area contributed by atoms with Crippen molar-refractivity contribution in [1.82, 2.24) is 20.0 Å². The summed E-state index contributed by atoms with van der Waals surface area (Å²) in [6.45, 7) is 8.49. The Labute approximate surface area is 174 Å². The Morgan fingerprint density at radius 3 is 2.69 bits per heavy atom. The van der Waals surface area contributed by atoms with Crippen LogP contribution in [0.4, 0.5) is 0 Å². The summed E-state index contributed by atoms with van der Waals surface area (Å²) in [7, 11) is 7.46. The number of hydrogen-bond donors (Lipinski definition) is 1. The summed E-state index contributed by atoms with van der Waals surface area (Å²) >= 11 is 0. The number of nitrogens with zero attached hydrogens (tertiary/aromatic N) is 4. The van der Waals surface area contributed by atoms with Gasteiger partial charge in [-0.2, -0.15) is 5.10 Å². The number of aryl methyl sites for hydroxylation is 1. The number of guanidine groups is 1. The lowest BCUT2D eigenvalue weighted by Crippen LogP contribution is -2.38. The van der Waals surface area contributed by atoms with E-state index in [1.54, 1.807) is 14.2 Å². The average Bonchev–Trinajstić information content (AvgIpc) is 3.07. The molecule has 160 valence electrons. The number of benzene rings is 1. The molecule has 0 radical (unpaired) electrons. The maximum absolute atomic E-state index is 5.73. The third-order valence-electron chi connectivity index (χ3n) is 4.61. The van der Waals surface area contributed by atoms with Gasteiger partial charge in [0.1, 0.15) is 0 Å². The van der Waals surface area contributed by atoms with Gasteiger partial charge in [-0.05, 0) is 30.0 Å². The van der Waals surface area contributed by atoms with Gasteiger partial charge in [0.05, 0.1) is 19.4 Å². The predicted molar refractivity (Wildman–Crippen MR) is 118 cm³/mol. The van der Waals surface area contributed by atoms with Crippen molar-refractivity contribution in [3.05, 3.63) is 41.2 Å². The number of rotatable bonds is 9. The summed E-state index contributed by atoms with van der Waals surface area (Å²) in [6, 6.07) is 6.01. The van der Waals surface area contributed by atoms with Crippen molar-refractivity contribution in [2.24, 2.45) is 12.0 Å². The van der Waals surface area contributed by atoms with E-state index in [1.165, 1.54) is 5.56 Å². The highest BCUT2D eigenvalue weighted by Gasteiger charge is 2.15. The van der Waals surface area contributed by atoms with Crippen LogP contribution in [-0.4, -0.2) is 48.5 Å². The molecule has 1 N–H and O–H groups in total. The van der Waals surface area contributed by atoms with Crippen molar-refractivity contribution in [2.45, 2.75) is 46.2 Å². The molecule has 0 fully saturated rings. The van der Waals surface area contributed by atoms with E-state index in [9.17, 15) is 0 Å². The molecule has 7 nitrogen and oxygen atoms in total. The van der Waals surface area contributed by atoms with Crippen LogP contribution in [0.1, 0.15) is 49.9 Å². The third-order valence-corrected chi connectivity index (χ3v) is 4.61. The first kappa shape index (κ1) is 22.6. The standard InChI is InChI=1S/C22H35N5O2/c1-8-11-29-19-10-9-17(12-20(19)28-7)13-24-22(23-4)26(5)14-18-15-27(6)25-21(18)16(2)3/h9-10,12,15-16H,8,11,13-14H2,1-7H3,(H,23,24). The topological polar surface area (TPSA) is 63.9 Å². The van der Waals surface area contributed by atoms with Gasteiger partial charge in [0.25, 0.3) is 0 Å². The smallest absolute Gasteiger partial charge is 0.193 e. The largest absolute Gasteiger partial charge is 0.493 e. The van der Waals surface area contributed by atoms with Crippen LogP contribution in [0.3, 0.4) is 0 Å². The van der Waals surface area contributed by atoms with Gasteiger partial charge in [0, 0.05) is 46.0 Å². The van der Waals surface area contributed by atoms with Crippen molar-refractivity contribution in [2.75, 3.05) is 27.8 Å². The summed E-state index contributed by atoms with van der Waals surface area (Å²) in [6.07, 6.45) is 3.05. The molecule has 0 saturated heterocycles. The number of aromatic nitrogens is 2. The molecule has 29 heavy (non-hydrogen) atoms. The molecule has 0 unspecified atom stereocenters. The number of aliphatic imine (C=N–C) groups is 1. The highest BCUT2D eigenvalue weighted by Crippen LogP contribution is 2.28. The second-order valence-corrected chi connectivity index (χ2v) is 7.46. The van der Waals surface area contributed by atoms with Crippen LogP contribution in [0, 0.1) is 0 Å². The minimum absolute atomic E-state index is 0.385. The zero-order chi connectivity index (χ0) is 21.4. The lowest BCUT2D eigenvalue weighted by atomic mass is 10.1. The molecule has 1 aromatic carbocycles. The van der Waals surface area contributed by atoms with E-state index < -0.39 is 0 Å². The Bertz CT molecular complexity index is 814. The number of hydrogen-bond acceptors (Lipinski definition) is 4. The Hall–Kier alpha value is -2.70. The van der Waals surface area contributed by atoms with Crippen LogP contribution in [0.5, 0.6) is 11.5 Å². The van der Waals surface area contributed by atoms with Crippen molar-refractivity contribution in [3.63, 3.8) is 0 Å². The molecule has 1 heterocycles. The second-order valence-electron chi connectivity index (χ2n) is 7.46. The molecule has 0 aliphatic rings. The Morgan fingerprint density at radius 2 is 2.07 bits per heavy atom. The Balaban J connectivity index is 2.03. The molecule has 2 aromatic rings. The van der Waals surface area contributed by atoms with Crippen LogP contribution in [0.2, 0.25) is 0 Å². The molecule has 1 aromatic heterocycles. The molecule has 0 aliphatic carbocycles. The fourth-order valence-corrected chi connectivity index (χ4v) is 3.21. The second kappa shape index (κ2) is 10.7. The van der Waals surface area contributed by atoms with E-state index in [0.29, 0.717) is 19.1 Å². The van der Waals surface area contributed by atoms with Gasteiger partial charge in [-0.25, -0.2) is 0 Å². The van der Waals surface area contributed by atoms with Crippen molar-refractivity contribution < 1.29 is 9.47 Å². The summed E-state index contributed by atoms with van der Waals surface area (Å²) in [5.74, 6) is 2.74. The molecule has 2 rings (SSSR count). The van der Waals surface area contributed by atoms with Gasteiger partial charge >= 0.3 is 0 Å². The third kappa shape index (κ3) is 6.14. The van der Waals surface area contributed by atoms with E-state index in [0.717, 1.165) is 41.7 Å². The van der Waals surface area contributed by atoms with E-state index in [4.69, 9.17) is 9.47 Å². The van der Waals surface area contributed by atoms with Gasteiger partial charge < -0.3 is 19.7 Å². The van der Waals surface area contributed by atoms with Gasteiger partial charge in [-0.3, -0.25) is 9.67 Å². The lowest BCUT2D eigenvalue weighted by molar-refractivity contribution is 0.294. The van der Waals surface area contributed by atoms with Gasteiger partial charge in [-0.15, -0.1) is 0 Å². The fourth-order valence-electron chi connectivity index (χ4n) is 3.21. The average molecular weight is 402 g/mol. The lowest BCUT2D eigenvalue weighted by Gasteiger charge is -2.22. The number of nitrogens with one attached hydrogen (secondary N) is 1. The summed E-state index contributed by atoms with van der Waals surface area (Å²) in [5.41, 5.74) is 3.44. The van der Waals surface area contributed by atoms with Crippen LogP contribution in [-0.2, 0) is 20.1 Å². The minimum atomic E-state index is 0.385. The monoisotopic (exact) mass is 401 g/mol. The van der Waals surface area contributed by atoms with Crippen LogP contribution < -0.4 is 14.8 Å². The summed E-state index contributed by atoms with van der Waals surface area (Å²) in [5, 5.41) is 8.02. The molecular formula is C22H35N5O2. The molecule has 0 aliphatic heterocycles. The Kier molecular flexibility index (Phi) is 8.36. The SMILES string of the molecule is CCCOc1ccc(CNC(=NC)N(C)Cc2cn(C)nc2C(C)C)cc1OC. The number of methoxy groups -OCH3 is 1. The maximum Gasteiger partial charge on any atom is 0.193 e. The van der Waals surface area contributed by atoms with Gasteiger partial charge in [0.15, 0.2) is 17.5 Å². The summed E-state index contributed by atoms with van der Waals surface area (Å²) in [4.78, 5) is 6.54. The van der Waals surface area contributed by atoms with E-state index in [2.05, 4.69) is 47.3 Å².